The summed E-state index contributed by atoms with van der Waals surface area (Å²) in [5.41, 5.74) is 9.99. The Balaban J connectivity index is 2.29. The molecule has 0 heterocycles. The van der Waals surface area contributed by atoms with Crippen LogP contribution < -0.4 is 10.5 Å². The summed E-state index contributed by atoms with van der Waals surface area (Å²) in [6.07, 6.45) is 0. The molecule has 2 aromatic rings. The van der Waals surface area contributed by atoms with Gasteiger partial charge in [-0.15, -0.1) is 0 Å². The first-order valence-electron chi connectivity index (χ1n) is 7.05. The van der Waals surface area contributed by atoms with E-state index in [0.29, 0.717) is 6.61 Å². The molecule has 0 amide bonds. The number of hydrogen-bond donors (Lipinski definition) is 1. The van der Waals surface area contributed by atoms with Crippen LogP contribution in [-0.2, 0) is 12.0 Å². The molecule has 0 unspecified atom stereocenters. The molecule has 0 aliphatic carbocycles. The molecule has 0 spiro atoms. The fraction of sp³-hybridized carbons (Fsp3) is 0.333. The fourth-order valence-corrected chi connectivity index (χ4v) is 2.82. The molecule has 0 bridgehead atoms. The smallest absolute Gasteiger partial charge is 0.126 e. The SMILES string of the molecule is Cc1cc(Br)cc(C(C)(C)C)c1OCc1ccc(N)cc1. The van der Waals surface area contributed by atoms with Gasteiger partial charge in [-0.05, 0) is 47.7 Å². The van der Waals surface area contributed by atoms with Gasteiger partial charge in [0.1, 0.15) is 12.4 Å². The van der Waals surface area contributed by atoms with Gasteiger partial charge in [0, 0.05) is 15.7 Å². The van der Waals surface area contributed by atoms with Crippen molar-refractivity contribution in [2.24, 2.45) is 0 Å². The fourth-order valence-electron chi connectivity index (χ4n) is 2.25. The third-order valence-electron chi connectivity index (χ3n) is 3.41. The summed E-state index contributed by atoms with van der Waals surface area (Å²) in [6.45, 7) is 9.23. The second-order valence-corrected chi connectivity index (χ2v) is 7.30. The Bertz CT molecular complexity index is 627. The molecule has 3 heteroatoms. The van der Waals surface area contributed by atoms with Crippen LogP contribution in [0.5, 0.6) is 5.75 Å². The molecule has 0 atom stereocenters. The summed E-state index contributed by atoms with van der Waals surface area (Å²) in [5, 5.41) is 0. The third-order valence-corrected chi connectivity index (χ3v) is 3.87. The zero-order valence-corrected chi connectivity index (χ0v) is 14.6. The normalized spacial score (nSPS) is 11.5. The van der Waals surface area contributed by atoms with E-state index in [1.165, 1.54) is 5.56 Å². The van der Waals surface area contributed by atoms with Crippen LogP contribution >= 0.6 is 15.9 Å². The highest BCUT2D eigenvalue weighted by atomic mass is 79.9. The number of rotatable bonds is 3. The van der Waals surface area contributed by atoms with E-state index in [2.05, 4.69) is 55.8 Å². The van der Waals surface area contributed by atoms with Crippen LogP contribution in [0.1, 0.15) is 37.5 Å². The highest BCUT2D eigenvalue weighted by Crippen LogP contribution is 2.36. The Labute approximate surface area is 135 Å². The number of nitrogen functional groups attached to an aromatic ring is 1. The van der Waals surface area contributed by atoms with Crippen molar-refractivity contribution in [3.63, 3.8) is 0 Å². The maximum absolute atomic E-state index is 6.11. The molecular weight excluding hydrogens is 326 g/mol. The number of benzene rings is 2. The molecule has 0 radical (unpaired) electrons. The lowest BCUT2D eigenvalue weighted by molar-refractivity contribution is 0.295. The number of ether oxygens (including phenoxy) is 1. The summed E-state index contributed by atoms with van der Waals surface area (Å²) in [4.78, 5) is 0. The average molecular weight is 348 g/mol. The maximum Gasteiger partial charge on any atom is 0.126 e. The lowest BCUT2D eigenvalue weighted by atomic mass is 9.85. The highest BCUT2D eigenvalue weighted by Gasteiger charge is 2.21. The molecule has 0 aliphatic heterocycles. The van der Waals surface area contributed by atoms with Crippen LogP contribution in [-0.4, -0.2) is 0 Å². The number of hydrogen-bond acceptors (Lipinski definition) is 2. The molecule has 0 saturated carbocycles. The molecule has 0 aromatic heterocycles. The van der Waals surface area contributed by atoms with Gasteiger partial charge < -0.3 is 10.5 Å². The minimum Gasteiger partial charge on any atom is -0.488 e. The molecule has 2 N–H and O–H groups in total. The molecule has 2 nitrogen and oxygen atoms in total. The summed E-state index contributed by atoms with van der Waals surface area (Å²) >= 11 is 3.57. The largest absolute Gasteiger partial charge is 0.488 e. The molecule has 21 heavy (non-hydrogen) atoms. The Hall–Kier alpha value is -1.48. The second kappa shape index (κ2) is 6.10. The monoisotopic (exact) mass is 347 g/mol. The molecule has 2 aromatic carbocycles. The van der Waals surface area contributed by atoms with Crippen molar-refractivity contribution in [2.45, 2.75) is 39.7 Å². The lowest BCUT2D eigenvalue weighted by Crippen LogP contribution is -2.14. The number of nitrogens with two attached hydrogens (primary N) is 1. The quantitative estimate of drug-likeness (QED) is 0.772. The first-order valence-corrected chi connectivity index (χ1v) is 7.84. The van der Waals surface area contributed by atoms with Gasteiger partial charge in [-0.1, -0.05) is 48.8 Å². The van der Waals surface area contributed by atoms with Crippen LogP contribution in [0.2, 0.25) is 0 Å². The predicted molar refractivity (Wildman–Crippen MR) is 92.8 cm³/mol. The van der Waals surface area contributed by atoms with Crippen LogP contribution in [0.25, 0.3) is 0 Å². The first-order chi connectivity index (χ1) is 9.77. The van der Waals surface area contributed by atoms with Gasteiger partial charge in [-0.2, -0.15) is 0 Å². The molecule has 112 valence electrons. The van der Waals surface area contributed by atoms with Crippen LogP contribution in [0.4, 0.5) is 5.69 Å². The van der Waals surface area contributed by atoms with Crippen molar-refractivity contribution < 1.29 is 4.74 Å². The van der Waals surface area contributed by atoms with E-state index in [1.807, 2.05) is 24.3 Å². The van der Waals surface area contributed by atoms with E-state index in [9.17, 15) is 0 Å². The summed E-state index contributed by atoms with van der Waals surface area (Å²) < 4.78 is 7.20. The van der Waals surface area contributed by atoms with Crippen molar-refractivity contribution in [3.05, 3.63) is 57.6 Å². The maximum atomic E-state index is 6.11. The van der Waals surface area contributed by atoms with E-state index in [-0.39, 0.29) is 5.41 Å². The summed E-state index contributed by atoms with van der Waals surface area (Å²) in [5.74, 6) is 0.975. The highest BCUT2D eigenvalue weighted by molar-refractivity contribution is 9.10. The van der Waals surface area contributed by atoms with E-state index < -0.39 is 0 Å². The zero-order valence-electron chi connectivity index (χ0n) is 13.0. The molecular formula is C18H22BrNO. The summed E-state index contributed by atoms with van der Waals surface area (Å²) in [6, 6.07) is 12.0. The predicted octanol–water partition coefficient (Wildman–Crippen LogP) is 5.22. The van der Waals surface area contributed by atoms with Gasteiger partial charge in [0.05, 0.1) is 0 Å². The lowest BCUT2D eigenvalue weighted by Gasteiger charge is -2.25. The Morgan fingerprint density at radius 2 is 1.71 bits per heavy atom. The van der Waals surface area contributed by atoms with Crippen molar-refractivity contribution in [2.75, 3.05) is 5.73 Å². The Morgan fingerprint density at radius 1 is 1.10 bits per heavy atom. The topological polar surface area (TPSA) is 35.2 Å². The van der Waals surface area contributed by atoms with Gasteiger partial charge in [-0.3, -0.25) is 0 Å². The Morgan fingerprint density at radius 3 is 2.29 bits per heavy atom. The minimum atomic E-state index is 0.0327. The van der Waals surface area contributed by atoms with Gasteiger partial charge in [0.25, 0.3) is 0 Å². The van der Waals surface area contributed by atoms with Crippen LogP contribution in [0.3, 0.4) is 0 Å². The van der Waals surface area contributed by atoms with E-state index >= 15 is 0 Å². The average Bonchev–Trinajstić information content (AvgIpc) is 2.38. The zero-order chi connectivity index (χ0) is 15.6. The van der Waals surface area contributed by atoms with Crippen molar-refractivity contribution in [1.82, 2.24) is 0 Å². The Kier molecular flexibility index (Phi) is 4.62. The van der Waals surface area contributed by atoms with Gasteiger partial charge in [0.15, 0.2) is 0 Å². The van der Waals surface area contributed by atoms with Crippen molar-refractivity contribution in [3.8, 4) is 5.75 Å². The first kappa shape index (κ1) is 15.9. The third kappa shape index (κ3) is 4.01. The minimum absolute atomic E-state index is 0.0327. The van der Waals surface area contributed by atoms with E-state index in [4.69, 9.17) is 10.5 Å². The number of anilines is 1. The molecule has 2 rings (SSSR count). The van der Waals surface area contributed by atoms with Gasteiger partial charge >= 0.3 is 0 Å². The number of aryl methyl sites for hydroxylation is 1. The van der Waals surface area contributed by atoms with Gasteiger partial charge in [0.2, 0.25) is 0 Å². The van der Waals surface area contributed by atoms with Crippen LogP contribution in [0.15, 0.2) is 40.9 Å². The standard InChI is InChI=1S/C18H22BrNO/c1-12-9-14(19)10-16(18(2,3)4)17(12)21-11-13-5-7-15(20)8-6-13/h5-10H,11,20H2,1-4H3. The van der Waals surface area contributed by atoms with E-state index in [1.54, 1.807) is 0 Å². The molecule has 0 fully saturated rings. The summed E-state index contributed by atoms with van der Waals surface area (Å²) in [7, 11) is 0. The molecule has 0 aliphatic rings. The van der Waals surface area contributed by atoms with Crippen molar-refractivity contribution in [1.29, 1.82) is 0 Å². The second-order valence-electron chi connectivity index (χ2n) is 6.38. The number of halogens is 1. The molecule has 0 saturated heterocycles. The van der Waals surface area contributed by atoms with Gasteiger partial charge in [-0.25, -0.2) is 0 Å². The van der Waals surface area contributed by atoms with Crippen LogP contribution in [0, 0.1) is 6.92 Å². The van der Waals surface area contributed by atoms with Crippen molar-refractivity contribution >= 4 is 21.6 Å². The van der Waals surface area contributed by atoms with E-state index in [0.717, 1.165) is 27.0 Å².